The second-order valence-corrected chi connectivity index (χ2v) is 7.49. The molecule has 0 radical (unpaired) electrons. The predicted octanol–water partition coefficient (Wildman–Crippen LogP) is 0.531. The molecule has 3 heterocycles. The minimum Gasteiger partial charge on any atom is -0.459 e. The fraction of sp³-hybridized carbons (Fsp3) is 0.429. The molecule has 0 spiro atoms. The summed E-state index contributed by atoms with van der Waals surface area (Å²) < 4.78 is 32.2. The second-order valence-electron chi connectivity index (χ2n) is 5.66. The monoisotopic (exact) mass is 338 g/mol. The second kappa shape index (κ2) is 5.82. The molecule has 1 atom stereocenters. The number of hydrogen-bond donors (Lipinski definition) is 1. The Morgan fingerprint density at radius 1 is 1.48 bits per heavy atom. The van der Waals surface area contributed by atoms with E-state index in [0.717, 1.165) is 17.5 Å². The molecule has 1 aliphatic rings. The summed E-state index contributed by atoms with van der Waals surface area (Å²) in [5.74, 6) is 0.108. The van der Waals surface area contributed by atoms with Gasteiger partial charge in [-0.05, 0) is 19.1 Å². The Hall–Kier alpha value is -2.13. The van der Waals surface area contributed by atoms with Crippen LogP contribution in [-0.2, 0) is 16.6 Å². The van der Waals surface area contributed by atoms with Crippen molar-refractivity contribution in [2.45, 2.75) is 19.5 Å². The van der Waals surface area contributed by atoms with E-state index < -0.39 is 10.0 Å². The lowest BCUT2D eigenvalue weighted by molar-refractivity contribution is 0.0638. The lowest BCUT2D eigenvalue weighted by atomic mass is 10.1. The molecule has 124 valence electrons. The molecule has 9 heteroatoms. The van der Waals surface area contributed by atoms with Crippen LogP contribution in [-0.4, -0.2) is 48.4 Å². The summed E-state index contributed by atoms with van der Waals surface area (Å²) in [6, 6.07) is 3.30. The third-order valence-electron chi connectivity index (χ3n) is 3.81. The van der Waals surface area contributed by atoms with Gasteiger partial charge in [-0.15, -0.1) is 0 Å². The van der Waals surface area contributed by atoms with E-state index >= 15 is 0 Å². The third-order valence-corrected chi connectivity index (χ3v) is 4.50. The average Bonchev–Trinajstić information content (AvgIpc) is 3.11. The van der Waals surface area contributed by atoms with Gasteiger partial charge in [0.25, 0.3) is 5.91 Å². The van der Waals surface area contributed by atoms with Gasteiger partial charge in [-0.2, -0.15) is 5.10 Å². The zero-order valence-corrected chi connectivity index (χ0v) is 13.7. The van der Waals surface area contributed by atoms with Crippen molar-refractivity contribution in [3.05, 3.63) is 41.6 Å². The van der Waals surface area contributed by atoms with Crippen LogP contribution in [0.2, 0.25) is 0 Å². The van der Waals surface area contributed by atoms with Gasteiger partial charge in [0.15, 0.2) is 5.76 Å². The Balaban J connectivity index is 1.83. The zero-order valence-electron chi connectivity index (χ0n) is 12.9. The molecule has 0 saturated heterocycles. The van der Waals surface area contributed by atoms with Gasteiger partial charge in [0.05, 0.1) is 30.8 Å². The van der Waals surface area contributed by atoms with Gasteiger partial charge < -0.3 is 9.32 Å². The molecular formula is C14H18N4O4S. The quantitative estimate of drug-likeness (QED) is 0.877. The number of aryl methyl sites for hydroxylation is 1. The van der Waals surface area contributed by atoms with E-state index in [0.29, 0.717) is 18.8 Å². The van der Waals surface area contributed by atoms with E-state index in [-0.39, 0.29) is 18.5 Å². The minimum absolute atomic E-state index is 0.175. The average molecular weight is 338 g/mol. The highest BCUT2D eigenvalue weighted by molar-refractivity contribution is 7.88. The first kappa shape index (κ1) is 15.8. The number of aromatic nitrogens is 2. The van der Waals surface area contributed by atoms with Crippen molar-refractivity contribution in [1.29, 1.82) is 0 Å². The number of rotatable bonds is 4. The maximum Gasteiger partial charge on any atom is 0.290 e. The highest BCUT2D eigenvalue weighted by atomic mass is 32.2. The molecule has 1 unspecified atom stereocenters. The van der Waals surface area contributed by atoms with Crippen molar-refractivity contribution >= 4 is 15.9 Å². The van der Waals surface area contributed by atoms with Crippen LogP contribution in [0.25, 0.3) is 0 Å². The number of nitrogens with zero attached hydrogens (tertiary/aromatic N) is 3. The maximum atomic E-state index is 12.6. The standard InChI is InChI=1S/C14H18N4O4S/c1-10-4-6-22-13(10)14(19)17-8-11-3-5-15-18(11)12(9-17)7-16-23(2,20)21/h3-6,12,16H,7-9H2,1-2H3. The van der Waals surface area contributed by atoms with E-state index in [1.807, 2.05) is 13.0 Å². The summed E-state index contributed by atoms with van der Waals surface area (Å²) in [5, 5.41) is 4.23. The van der Waals surface area contributed by atoms with Gasteiger partial charge in [0.2, 0.25) is 10.0 Å². The van der Waals surface area contributed by atoms with Crippen LogP contribution < -0.4 is 4.72 Å². The van der Waals surface area contributed by atoms with Crippen LogP contribution in [0.5, 0.6) is 0 Å². The molecule has 1 amide bonds. The lowest BCUT2D eigenvalue weighted by Crippen LogP contribution is -2.45. The molecule has 0 aromatic carbocycles. The number of hydrogen-bond acceptors (Lipinski definition) is 5. The van der Waals surface area contributed by atoms with Crippen molar-refractivity contribution in [2.24, 2.45) is 0 Å². The third kappa shape index (κ3) is 3.30. The van der Waals surface area contributed by atoms with Crippen LogP contribution in [0, 0.1) is 6.92 Å². The van der Waals surface area contributed by atoms with E-state index in [4.69, 9.17) is 4.42 Å². The molecule has 0 saturated carbocycles. The highest BCUT2D eigenvalue weighted by Crippen LogP contribution is 2.23. The molecule has 2 aromatic heterocycles. The van der Waals surface area contributed by atoms with Crippen LogP contribution in [0.15, 0.2) is 29.0 Å². The largest absolute Gasteiger partial charge is 0.459 e. The lowest BCUT2D eigenvalue weighted by Gasteiger charge is -2.33. The predicted molar refractivity (Wildman–Crippen MR) is 82.3 cm³/mol. The molecular weight excluding hydrogens is 320 g/mol. The van der Waals surface area contributed by atoms with Gasteiger partial charge in [-0.25, -0.2) is 13.1 Å². The summed E-state index contributed by atoms with van der Waals surface area (Å²) in [6.07, 6.45) is 4.24. The van der Waals surface area contributed by atoms with E-state index in [9.17, 15) is 13.2 Å². The van der Waals surface area contributed by atoms with Crippen molar-refractivity contribution in [1.82, 2.24) is 19.4 Å². The first-order valence-corrected chi connectivity index (χ1v) is 9.04. The SMILES string of the molecule is Cc1ccoc1C(=O)N1Cc2ccnn2C(CNS(C)(=O)=O)C1. The summed E-state index contributed by atoms with van der Waals surface area (Å²) in [5.41, 5.74) is 1.63. The Morgan fingerprint density at radius 3 is 2.91 bits per heavy atom. The number of carbonyl (C=O) groups excluding carboxylic acids is 1. The molecule has 0 bridgehead atoms. The highest BCUT2D eigenvalue weighted by Gasteiger charge is 2.31. The van der Waals surface area contributed by atoms with Crippen molar-refractivity contribution < 1.29 is 17.6 Å². The molecule has 23 heavy (non-hydrogen) atoms. The summed E-state index contributed by atoms with van der Waals surface area (Å²) in [7, 11) is -3.31. The summed E-state index contributed by atoms with van der Waals surface area (Å²) in [6.45, 7) is 2.76. The number of carbonyl (C=O) groups is 1. The Kier molecular flexibility index (Phi) is 3.99. The summed E-state index contributed by atoms with van der Waals surface area (Å²) >= 11 is 0. The Labute approximate surface area is 134 Å². The summed E-state index contributed by atoms with van der Waals surface area (Å²) in [4.78, 5) is 14.3. The molecule has 0 aliphatic carbocycles. The number of nitrogens with one attached hydrogen (secondary N) is 1. The smallest absolute Gasteiger partial charge is 0.290 e. The molecule has 3 rings (SSSR count). The number of amides is 1. The zero-order chi connectivity index (χ0) is 16.6. The van der Waals surface area contributed by atoms with Gasteiger partial charge in [0.1, 0.15) is 0 Å². The van der Waals surface area contributed by atoms with Crippen molar-refractivity contribution in [3.8, 4) is 0 Å². The molecule has 2 aromatic rings. The van der Waals surface area contributed by atoms with Gasteiger partial charge >= 0.3 is 0 Å². The van der Waals surface area contributed by atoms with Gasteiger partial charge in [0, 0.05) is 24.8 Å². The van der Waals surface area contributed by atoms with Crippen molar-refractivity contribution in [2.75, 3.05) is 19.3 Å². The molecule has 1 aliphatic heterocycles. The van der Waals surface area contributed by atoms with E-state index in [2.05, 4.69) is 9.82 Å². The molecule has 0 fully saturated rings. The van der Waals surface area contributed by atoms with Gasteiger partial charge in [-0.1, -0.05) is 0 Å². The minimum atomic E-state index is -3.31. The van der Waals surface area contributed by atoms with Crippen LogP contribution in [0.4, 0.5) is 0 Å². The fourth-order valence-corrected chi connectivity index (χ4v) is 3.17. The van der Waals surface area contributed by atoms with E-state index in [1.165, 1.54) is 6.26 Å². The Bertz CT molecular complexity index is 823. The maximum absolute atomic E-state index is 12.6. The fourth-order valence-electron chi connectivity index (χ4n) is 2.68. The van der Waals surface area contributed by atoms with Crippen molar-refractivity contribution in [3.63, 3.8) is 0 Å². The normalized spacial score (nSPS) is 18.0. The number of sulfonamides is 1. The first-order valence-electron chi connectivity index (χ1n) is 7.15. The Morgan fingerprint density at radius 2 is 2.26 bits per heavy atom. The number of fused-ring (bicyclic) bond motifs is 1. The van der Waals surface area contributed by atoms with Gasteiger partial charge in [-0.3, -0.25) is 9.48 Å². The van der Waals surface area contributed by atoms with Crippen LogP contribution in [0.3, 0.4) is 0 Å². The van der Waals surface area contributed by atoms with Crippen LogP contribution in [0.1, 0.15) is 27.9 Å². The molecule has 8 nitrogen and oxygen atoms in total. The number of furan rings is 1. The van der Waals surface area contributed by atoms with Crippen LogP contribution >= 0.6 is 0 Å². The molecule has 1 N–H and O–H groups in total. The van der Waals surface area contributed by atoms with E-state index in [1.54, 1.807) is 21.8 Å². The first-order chi connectivity index (χ1) is 10.8. The topological polar surface area (TPSA) is 97.4 Å².